The van der Waals surface area contributed by atoms with Crippen molar-refractivity contribution in [1.82, 2.24) is 0 Å². The maximum atomic E-state index is 12.1. The second-order valence-corrected chi connectivity index (χ2v) is 13.2. The molecule has 0 spiro atoms. The van der Waals surface area contributed by atoms with Gasteiger partial charge in [0, 0.05) is 12.8 Å². The lowest BCUT2D eigenvalue weighted by atomic mass is 9.44. The van der Waals surface area contributed by atoms with E-state index in [1.165, 1.54) is 70.6 Å². The molecule has 4 rings (SSSR count). The van der Waals surface area contributed by atoms with Crippen molar-refractivity contribution in [3.63, 3.8) is 0 Å². The molecule has 0 radical (unpaired) electrons. The topological polar surface area (TPSA) is 26.3 Å². The number of ether oxygens (including phenoxy) is 1. The molecule has 9 atom stereocenters. The van der Waals surface area contributed by atoms with E-state index in [1.54, 1.807) is 6.92 Å². The fourth-order valence-electron chi connectivity index (χ4n) is 9.59. The van der Waals surface area contributed by atoms with Gasteiger partial charge in [-0.05, 0) is 91.3 Å². The molecule has 0 saturated heterocycles. The molecule has 0 heterocycles. The summed E-state index contributed by atoms with van der Waals surface area (Å²) in [4.78, 5) is 12.1. The van der Waals surface area contributed by atoms with Gasteiger partial charge in [-0.1, -0.05) is 66.7 Å². The van der Waals surface area contributed by atoms with Gasteiger partial charge in [-0.25, -0.2) is 0 Å². The molecule has 0 N–H and O–H groups in total. The normalized spacial score (nSPS) is 45.5. The van der Waals surface area contributed by atoms with Crippen molar-refractivity contribution in [1.29, 1.82) is 0 Å². The second kappa shape index (κ2) is 9.02. The Morgan fingerprint density at radius 1 is 0.935 bits per heavy atom. The zero-order chi connectivity index (χ0) is 22.4. The van der Waals surface area contributed by atoms with Gasteiger partial charge in [-0.3, -0.25) is 4.79 Å². The quantitative estimate of drug-likeness (QED) is 0.398. The van der Waals surface area contributed by atoms with Crippen molar-refractivity contribution >= 4 is 5.97 Å². The van der Waals surface area contributed by atoms with E-state index in [9.17, 15) is 4.79 Å². The first kappa shape index (κ1) is 23.6. The summed E-state index contributed by atoms with van der Waals surface area (Å²) in [5.74, 6) is 5.37. The third-order valence-electron chi connectivity index (χ3n) is 11.1. The van der Waals surface area contributed by atoms with E-state index >= 15 is 0 Å². The van der Waals surface area contributed by atoms with Crippen LogP contribution in [0.1, 0.15) is 119 Å². The van der Waals surface area contributed by atoms with Crippen LogP contribution in [0.2, 0.25) is 0 Å². The molecule has 2 nitrogen and oxygen atoms in total. The van der Waals surface area contributed by atoms with Gasteiger partial charge in [0.15, 0.2) is 0 Å². The Morgan fingerprint density at radius 2 is 1.68 bits per heavy atom. The van der Waals surface area contributed by atoms with E-state index in [0.717, 1.165) is 41.9 Å². The number of fused-ring (bicyclic) bond motifs is 5. The molecular formula is C29H50O2. The Kier molecular flexibility index (Phi) is 6.87. The Bertz CT molecular complexity index is 641. The zero-order valence-electron chi connectivity index (χ0n) is 21.4. The van der Waals surface area contributed by atoms with Crippen LogP contribution in [0.3, 0.4) is 0 Å². The third-order valence-corrected chi connectivity index (χ3v) is 11.1. The van der Waals surface area contributed by atoms with Gasteiger partial charge in [-0.15, -0.1) is 0 Å². The highest BCUT2D eigenvalue weighted by Gasteiger charge is 2.63. The van der Waals surface area contributed by atoms with E-state index in [4.69, 9.17) is 4.74 Å². The number of esters is 1. The summed E-state index contributed by atoms with van der Waals surface area (Å²) in [7, 11) is 0. The molecule has 0 aromatic heterocycles. The van der Waals surface area contributed by atoms with Crippen LogP contribution in [0, 0.1) is 52.3 Å². The van der Waals surface area contributed by atoms with Crippen LogP contribution < -0.4 is 0 Å². The molecule has 0 amide bonds. The third kappa shape index (κ3) is 4.23. The summed E-state index contributed by atoms with van der Waals surface area (Å²) in [5, 5.41) is 0. The van der Waals surface area contributed by atoms with Crippen molar-refractivity contribution in [2.75, 3.05) is 0 Å². The minimum atomic E-state index is -0.0490. The molecule has 2 heteroatoms. The lowest BCUT2D eigenvalue weighted by Crippen LogP contribution is -2.58. The molecule has 0 aromatic rings. The highest BCUT2D eigenvalue weighted by molar-refractivity contribution is 5.66. The predicted octanol–water partition coefficient (Wildman–Crippen LogP) is 8.04. The standard InChI is InChI=1S/C29H50O2/c1-19(2)10-9-11-20(3)23-13-14-24-27-25(15-17-29(23,24)6)28(5)16-8-7-12-22(28)18-26(27)31-21(4)30/h19-20,22-27H,7-18H2,1-6H3/t20-,22-,23-,24-,25-,26-,27-,28+,29+/m1/s1. The maximum absolute atomic E-state index is 12.1. The first-order valence-electron chi connectivity index (χ1n) is 13.8. The van der Waals surface area contributed by atoms with Gasteiger partial charge in [-0.2, -0.15) is 0 Å². The summed E-state index contributed by atoms with van der Waals surface area (Å²) in [6, 6.07) is 0. The highest BCUT2D eigenvalue weighted by atomic mass is 16.5. The lowest BCUT2D eigenvalue weighted by Gasteiger charge is -2.62. The maximum Gasteiger partial charge on any atom is 0.302 e. The average Bonchev–Trinajstić information content (AvgIpc) is 3.04. The van der Waals surface area contributed by atoms with Crippen LogP contribution in [0.25, 0.3) is 0 Å². The van der Waals surface area contributed by atoms with Crippen molar-refractivity contribution in [3.8, 4) is 0 Å². The molecule has 4 aliphatic carbocycles. The first-order valence-corrected chi connectivity index (χ1v) is 13.8. The molecule has 0 aromatic carbocycles. The lowest BCUT2D eigenvalue weighted by molar-refractivity contribution is -0.189. The van der Waals surface area contributed by atoms with Gasteiger partial charge in [0.05, 0.1) is 0 Å². The highest BCUT2D eigenvalue weighted by Crippen LogP contribution is 2.68. The number of hydrogen-bond acceptors (Lipinski definition) is 2. The van der Waals surface area contributed by atoms with Crippen LogP contribution in [0.15, 0.2) is 0 Å². The summed E-state index contributed by atoms with van der Waals surface area (Å²) in [6.07, 6.45) is 16.6. The van der Waals surface area contributed by atoms with E-state index < -0.39 is 0 Å². The molecule has 31 heavy (non-hydrogen) atoms. The van der Waals surface area contributed by atoms with Gasteiger partial charge >= 0.3 is 5.97 Å². The molecule has 178 valence electrons. The Hall–Kier alpha value is -0.530. The average molecular weight is 431 g/mol. The van der Waals surface area contributed by atoms with Crippen molar-refractivity contribution in [3.05, 3.63) is 0 Å². The van der Waals surface area contributed by atoms with E-state index in [2.05, 4.69) is 34.6 Å². The van der Waals surface area contributed by atoms with Gasteiger partial charge in [0.1, 0.15) is 6.10 Å². The van der Waals surface area contributed by atoms with Crippen LogP contribution in [-0.4, -0.2) is 12.1 Å². The van der Waals surface area contributed by atoms with Crippen molar-refractivity contribution in [2.45, 2.75) is 125 Å². The van der Waals surface area contributed by atoms with Crippen molar-refractivity contribution < 1.29 is 9.53 Å². The molecule has 4 saturated carbocycles. The minimum absolute atomic E-state index is 0.0490. The minimum Gasteiger partial charge on any atom is -0.462 e. The molecule has 4 fully saturated rings. The number of carbonyl (C=O) groups is 1. The fourth-order valence-corrected chi connectivity index (χ4v) is 9.59. The first-order chi connectivity index (χ1) is 14.7. The van der Waals surface area contributed by atoms with E-state index in [1.807, 2.05) is 0 Å². The van der Waals surface area contributed by atoms with Crippen molar-refractivity contribution in [2.24, 2.45) is 52.3 Å². The van der Waals surface area contributed by atoms with Gasteiger partial charge in [0.25, 0.3) is 0 Å². The predicted molar refractivity (Wildman–Crippen MR) is 129 cm³/mol. The molecule has 0 bridgehead atoms. The summed E-state index contributed by atoms with van der Waals surface area (Å²) >= 11 is 0. The van der Waals surface area contributed by atoms with Crippen LogP contribution in [-0.2, 0) is 9.53 Å². The molecule has 0 aliphatic heterocycles. The zero-order valence-corrected chi connectivity index (χ0v) is 21.4. The summed E-state index contributed by atoms with van der Waals surface area (Å²) in [6.45, 7) is 14.2. The smallest absolute Gasteiger partial charge is 0.302 e. The van der Waals surface area contributed by atoms with E-state index in [-0.39, 0.29) is 12.1 Å². The second-order valence-electron chi connectivity index (χ2n) is 13.2. The van der Waals surface area contributed by atoms with Gasteiger partial charge < -0.3 is 4.74 Å². The molecular weight excluding hydrogens is 380 g/mol. The monoisotopic (exact) mass is 430 g/mol. The number of hydrogen-bond donors (Lipinski definition) is 0. The van der Waals surface area contributed by atoms with Gasteiger partial charge in [0.2, 0.25) is 0 Å². The van der Waals surface area contributed by atoms with E-state index in [0.29, 0.717) is 16.7 Å². The Morgan fingerprint density at radius 3 is 2.39 bits per heavy atom. The molecule has 4 aliphatic rings. The SMILES string of the molecule is CC(=O)O[C@@H]1C[C@H]2CCCC[C@]2(C)[C@@H]2CC[C@]3(C)[C@H](CC[C@@H]3[C@H](C)CCCC(C)C)[C@H]21. The number of rotatable bonds is 6. The summed E-state index contributed by atoms with van der Waals surface area (Å²) < 4.78 is 6.16. The van der Waals surface area contributed by atoms with Crippen LogP contribution >= 0.6 is 0 Å². The van der Waals surface area contributed by atoms with Crippen LogP contribution in [0.5, 0.6) is 0 Å². The van der Waals surface area contributed by atoms with Crippen LogP contribution in [0.4, 0.5) is 0 Å². The Labute approximate surface area is 192 Å². The molecule has 0 unspecified atom stereocenters. The number of carbonyl (C=O) groups excluding carboxylic acids is 1. The summed E-state index contributed by atoms with van der Waals surface area (Å²) in [5.41, 5.74) is 0.941. The Balaban J connectivity index is 1.57. The fraction of sp³-hybridized carbons (Fsp3) is 0.966. The largest absolute Gasteiger partial charge is 0.462 e.